The first-order valence-corrected chi connectivity index (χ1v) is 5.93. The lowest BCUT2D eigenvalue weighted by atomic mass is 9.98. The van der Waals surface area contributed by atoms with E-state index in [-0.39, 0.29) is 5.56 Å². The van der Waals surface area contributed by atoms with Crippen LogP contribution in [0.15, 0.2) is 60.8 Å². The summed E-state index contributed by atoms with van der Waals surface area (Å²) in [5.74, 6) is -0.928. The fourth-order valence-corrected chi connectivity index (χ4v) is 2.17. The van der Waals surface area contributed by atoms with Crippen LogP contribution in [0.1, 0.15) is 10.4 Å². The molecule has 3 aromatic rings. The summed E-state index contributed by atoms with van der Waals surface area (Å²) in [6, 6.07) is 16.7. The molecule has 92 valence electrons. The van der Waals surface area contributed by atoms with E-state index in [1.165, 1.54) is 0 Å². The number of carbonyl (C=O) groups is 1. The number of fused-ring (bicyclic) bond motifs is 1. The highest BCUT2D eigenvalue weighted by Gasteiger charge is 2.10. The third kappa shape index (κ3) is 2.06. The summed E-state index contributed by atoms with van der Waals surface area (Å²) < 4.78 is 0. The third-order valence-corrected chi connectivity index (χ3v) is 3.05. The largest absolute Gasteiger partial charge is 0.478 e. The predicted octanol–water partition coefficient (Wildman–Crippen LogP) is 3.60. The van der Waals surface area contributed by atoms with Crippen molar-refractivity contribution < 1.29 is 9.90 Å². The number of aromatic nitrogens is 1. The maximum absolute atomic E-state index is 11.2. The maximum Gasteiger partial charge on any atom is 0.335 e. The molecule has 3 nitrogen and oxygen atoms in total. The topological polar surface area (TPSA) is 50.2 Å². The highest BCUT2D eigenvalue weighted by molar-refractivity contribution is 6.02. The molecule has 1 N–H and O–H groups in total. The van der Waals surface area contributed by atoms with Crippen molar-refractivity contribution in [2.75, 3.05) is 0 Å². The van der Waals surface area contributed by atoms with Crippen molar-refractivity contribution in [1.82, 2.24) is 4.98 Å². The van der Waals surface area contributed by atoms with Gasteiger partial charge in [0, 0.05) is 11.8 Å². The first-order chi connectivity index (χ1) is 9.25. The average molecular weight is 249 g/mol. The van der Waals surface area contributed by atoms with Crippen molar-refractivity contribution in [3.05, 3.63) is 66.4 Å². The van der Waals surface area contributed by atoms with Crippen molar-refractivity contribution in [2.24, 2.45) is 0 Å². The van der Waals surface area contributed by atoms with Crippen molar-refractivity contribution >= 4 is 16.7 Å². The molecular weight excluding hydrogens is 238 g/mol. The molecule has 0 unspecified atom stereocenters. The zero-order chi connectivity index (χ0) is 13.2. The van der Waals surface area contributed by atoms with Crippen LogP contribution >= 0.6 is 0 Å². The molecule has 1 heterocycles. The lowest BCUT2D eigenvalue weighted by Gasteiger charge is -2.08. The Labute approximate surface area is 110 Å². The molecule has 0 aliphatic carbocycles. The molecule has 3 rings (SSSR count). The number of carboxylic acid groups (broad SMARTS) is 1. The van der Waals surface area contributed by atoms with Crippen LogP contribution in [0.2, 0.25) is 0 Å². The Balaban J connectivity index is 2.36. The third-order valence-electron chi connectivity index (χ3n) is 3.05. The summed E-state index contributed by atoms with van der Waals surface area (Å²) in [6.45, 7) is 0. The summed E-state index contributed by atoms with van der Waals surface area (Å²) in [4.78, 5) is 15.5. The standard InChI is InChI=1S/C16H11NO2/c18-16(19)12-9-11-5-1-2-6-13(11)14(10-12)15-7-3-4-8-17-15/h1-10H,(H,18,19). The molecule has 0 fully saturated rings. The van der Waals surface area contributed by atoms with E-state index >= 15 is 0 Å². The molecular formula is C16H11NO2. The molecule has 0 saturated carbocycles. The van der Waals surface area contributed by atoms with Gasteiger partial charge in [0.2, 0.25) is 0 Å². The monoisotopic (exact) mass is 249 g/mol. The molecule has 3 heteroatoms. The Morgan fingerprint density at radius 2 is 1.79 bits per heavy atom. The molecule has 19 heavy (non-hydrogen) atoms. The van der Waals surface area contributed by atoms with E-state index in [0.29, 0.717) is 0 Å². The van der Waals surface area contributed by atoms with Crippen molar-refractivity contribution in [3.63, 3.8) is 0 Å². The summed E-state index contributed by atoms with van der Waals surface area (Å²) in [5, 5.41) is 11.1. The minimum absolute atomic E-state index is 0.277. The van der Waals surface area contributed by atoms with Gasteiger partial charge in [-0.25, -0.2) is 4.79 Å². The number of rotatable bonds is 2. The summed E-state index contributed by atoms with van der Waals surface area (Å²) in [6.07, 6.45) is 1.71. The van der Waals surface area contributed by atoms with E-state index in [1.807, 2.05) is 42.5 Å². The van der Waals surface area contributed by atoms with Gasteiger partial charge in [-0.15, -0.1) is 0 Å². The number of pyridine rings is 1. The molecule has 0 radical (unpaired) electrons. The molecule has 0 spiro atoms. The highest BCUT2D eigenvalue weighted by atomic mass is 16.4. The Morgan fingerprint density at radius 1 is 1.00 bits per heavy atom. The van der Waals surface area contributed by atoms with Gasteiger partial charge in [-0.05, 0) is 35.0 Å². The fourth-order valence-electron chi connectivity index (χ4n) is 2.17. The van der Waals surface area contributed by atoms with Crippen molar-refractivity contribution in [1.29, 1.82) is 0 Å². The normalized spacial score (nSPS) is 10.5. The number of carboxylic acids is 1. The van der Waals surface area contributed by atoms with E-state index in [4.69, 9.17) is 0 Å². The lowest BCUT2D eigenvalue weighted by Crippen LogP contribution is -1.97. The van der Waals surface area contributed by atoms with Crippen molar-refractivity contribution in [3.8, 4) is 11.3 Å². The fraction of sp³-hybridized carbons (Fsp3) is 0. The number of hydrogen-bond acceptors (Lipinski definition) is 2. The molecule has 0 aliphatic heterocycles. The lowest BCUT2D eigenvalue weighted by molar-refractivity contribution is 0.0697. The van der Waals surface area contributed by atoms with Gasteiger partial charge < -0.3 is 5.11 Å². The van der Waals surface area contributed by atoms with Gasteiger partial charge in [0.25, 0.3) is 0 Å². The quantitative estimate of drug-likeness (QED) is 0.754. The Morgan fingerprint density at radius 3 is 2.53 bits per heavy atom. The minimum Gasteiger partial charge on any atom is -0.478 e. The Kier molecular flexibility index (Phi) is 2.72. The maximum atomic E-state index is 11.2. The van der Waals surface area contributed by atoms with Gasteiger partial charge in [0.1, 0.15) is 0 Å². The molecule has 0 bridgehead atoms. The first kappa shape index (κ1) is 11.4. The van der Waals surface area contributed by atoms with Crippen LogP contribution in [0.3, 0.4) is 0 Å². The summed E-state index contributed by atoms with van der Waals surface area (Å²) >= 11 is 0. The van der Waals surface area contributed by atoms with Crippen molar-refractivity contribution in [2.45, 2.75) is 0 Å². The Hall–Kier alpha value is -2.68. The first-order valence-electron chi connectivity index (χ1n) is 5.93. The second-order valence-electron chi connectivity index (χ2n) is 4.27. The molecule has 0 atom stereocenters. The average Bonchev–Trinajstić information content (AvgIpc) is 2.47. The molecule has 0 aliphatic rings. The van der Waals surface area contributed by atoms with E-state index in [2.05, 4.69) is 4.98 Å². The van der Waals surface area contributed by atoms with Crippen LogP contribution in [-0.2, 0) is 0 Å². The predicted molar refractivity (Wildman–Crippen MR) is 74.1 cm³/mol. The minimum atomic E-state index is -0.928. The second kappa shape index (κ2) is 4.53. The smallest absolute Gasteiger partial charge is 0.335 e. The van der Waals surface area contributed by atoms with E-state index in [9.17, 15) is 9.90 Å². The number of hydrogen-bond donors (Lipinski definition) is 1. The summed E-state index contributed by atoms with van der Waals surface area (Å²) in [7, 11) is 0. The van der Waals surface area contributed by atoms with Gasteiger partial charge in [-0.3, -0.25) is 4.98 Å². The summed E-state index contributed by atoms with van der Waals surface area (Å²) in [5.41, 5.74) is 1.90. The molecule has 1 aromatic heterocycles. The molecule has 2 aromatic carbocycles. The van der Waals surface area contributed by atoms with Gasteiger partial charge in [0.05, 0.1) is 11.3 Å². The van der Waals surface area contributed by atoms with Crippen LogP contribution in [0.25, 0.3) is 22.0 Å². The number of aromatic carboxylic acids is 1. The van der Waals surface area contributed by atoms with Gasteiger partial charge in [-0.2, -0.15) is 0 Å². The molecule has 0 amide bonds. The molecule has 0 saturated heterocycles. The highest BCUT2D eigenvalue weighted by Crippen LogP contribution is 2.28. The van der Waals surface area contributed by atoms with E-state index in [1.54, 1.807) is 18.3 Å². The van der Waals surface area contributed by atoms with Crippen LogP contribution in [0.4, 0.5) is 0 Å². The second-order valence-corrected chi connectivity index (χ2v) is 4.27. The zero-order valence-electron chi connectivity index (χ0n) is 10.1. The van der Waals surface area contributed by atoms with Gasteiger partial charge in [-0.1, -0.05) is 30.3 Å². The van der Waals surface area contributed by atoms with E-state index < -0.39 is 5.97 Å². The van der Waals surface area contributed by atoms with Gasteiger partial charge in [0.15, 0.2) is 0 Å². The number of benzene rings is 2. The van der Waals surface area contributed by atoms with Crippen LogP contribution < -0.4 is 0 Å². The Bertz CT molecular complexity index is 751. The van der Waals surface area contributed by atoms with Crippen LogP contribution in [-0.4, -0.2) is 16.1 Å². The zero-order valence-corrected chi connectivity index (χ0v) is 10.1. The van der Waals surface area contributed by atoms with E-state index in [0.717, 1.165) is 22.0 Å². The van der Waals surface area contributed by atoms with Crippen LogP contribution in [0, 0.1) is 0 Å². The van der Waals surface area contributed by atoms with Crippen LogP contribution in [0.5, 0.6) is 0 Å². The SMILES string of the molecule is O=C(O)c1cc(-c2ccccn2)c2ccccc2c1. The number of nitrogens with zero attached hydrogens (tertiary/aromatic N) is 1. The van der Waals surface area contributed by atoms with Gasteiger partial charge >= 0.3 is 5.97 Å².